The summed E-state index contributed by atoms with van der Waals surface area (Å²) in [6, 6.07) is 0. The third-order valence-electron chi connectivity index (χ3n) is 2.76. The number of hydrogen-bond acceptors (Lipinski definition) is 3. The highest BCUT2D eigenvalue weighted by Crippen LogP contribution is 2.25. The van der Waals surface area contributed by atoms with E-state index in [1.165, 1.54) is 6.20 Å². The van der Waals surface area contributed by atoms with Crippen LogP contribution in [-0.4, -0.2) is 22.2 Å². The summed E-state index contributed by atoms with van der Waals surface area (Å²) in [5, 5.41) is 20.5. The summed E-state index contributed by atoms with van der Waals surface area (Å²) in [5.74, 6) is -2.71. The number of aliphatic carboxylic acids is 2. The highest BCUT2D eigenvalue weighted by Gasteiger charge is 2.28. The molecule has 0 spiro atoms. The fourth-order valence-corrected chi connectivity index (χ4v) is 1.90. The average Bonchev–Trinajstić information content (AvgIpc) is 2.28. The van der Waals surface area contributed by atoms with E-state index >= 15 is 0 Å². The van der Waals surface area contributed by atoms with Crippen molar-refractivity contribution in [3.8, 4) is 0 Å². The minimum Gasteiger partial charge on any atom is -0.478 e. The van der Waals surface area contributed by atoms with E-state index in [4.69, 9.17) is 10.2 Å². The lowest BCUT2D eigenvalue weighted by Crippen LogP contribution is -2.28. The molecule has 1 atom stereocenters. The quantitative estimate of drug-likeness (QED) is 0.614. The summed E-state index contributed by atoms with van der Waals surface area (Å²) in [4.78, 5) is 22.0. The van der Waals surface area contributed by atoms with Gasteiger partial charge in [-0.2, -0.15) is 0 Å². The van der Waals surface area contributed by atoms with Crippen molar-refractivity contribution in [2.75, 3.05) is 0 Å². The molecule has 94 valence electrons. The van der Waals surface area contributed by atoms with Crippen LogP contribution in [0.5, 0.6) is 0 Å². The molecular weight excluding hydrogens is 222 g/mol. The number of carboxylic acid groups (broad SMARTS) is 2. The topological polar surface area (TPSA) is 86.6 Å². The van der Waals surface area contributed by atoms with E-state index in [9.17, 15) is 9.59 Å². The van der Waals surface area contributed by atoms with Crippen LogP contribution in [0.1, 0.15) is 32.6 Å². The third kappa shape index (κ3) is 3.34. The third-order valence-corrected chi connectivity index (χ3v) is 2.76. The number of carbonyl (C=O) groups is 2. The molecule has 0 aromatic heterocycles. The van der Waals surface area contributed by atoms with Crippen LogP contribution in [-0.2, 0) is 9.59 Å². The van der Waals surface area contributed by atoms with Gasteiger partial charge in [0.05, 0.1) is 5.57 Å². The van der Waals surface area contributed by atoms with Crippen molar-refractivity contribution in [3.63, 3.8) is 0 Å². The average molecular weight is 239 g/mol. The molecule has 1 aliphatic rings. The second-order valence-electron chi connectivity index (χ2n) is 4.00. The van der Waals surface area contributed by atoms with E-state index in [-0.39, 0.29) is 17.2 Å². The molecule has 0 aromatic carbocycles. The minimum absolute atomic E-state index is 0.0453. The van der Waals surface area contributed by atoms with E-state index in [1.54, 1.807) is 6.08 Å². The molecule has 0 aliphatic carbocycles. The number of hydrogen-bond donors (Lipinski definition) is 3. The Bertz CT molecular complexity index is 371. The summed E-state index contributed by atoms with van der Waals surface area (Å²) >= 11 is 0. The molecule has 0 bridgehead atoms. The standard InChI is InChI=1S/C12H17NO4/c1-2-3-4-5-8-6-7-13-10(12(16)17)9(8)11(14)15/h6-8,13H,2-5H2,1H3,(H,14,15)(H,16,17). The minimum atomic E-state index is -1.23. The predicted molar refractivity (Wildman–Crippen MR) is 62.2 cm³/mol. The van der Waals surface area contributed by atoms with Crippen LogP contribution in [0.3, 0.4) is 0 Å². The van der Waals surface area contributed by atoms with E-state index < -0.39 is 11.9 Å². The van der Waals surface area contributed by atoms with Crippen molar-refractivity contribution in [1.82, 2.24) is 5.32 Å². The van der Waals surface area contributed by atoms with Crippen molar-refractivity contribution in [2.24, 2.45) is 5.92 Å². The smallest absolute Gasteiger partial charge is 0.352 e. The van der Waals surface area contributed by atoms with Gasteiger partial charge in [0.2, 0.25) is 0 Å². The molecule has 0 aromatic rings. The summed E-state index contributed by atoms with van der Waals surface area (Å²) in [7, 11) is 0. The monoisotopic (exact) mass is 239 g/mol. The molecule has 0 saturated carbocycles. The van der Waals surface area contributed by atoms with Crippen LogP contribution < -0.4 is 5.32 Å². The van der Waals surface area contributed by atoms with Gasteiger partial charge in [-0.3, -0.25) is 0 Å². The van der Waals surface area contributed by atoms with Crippen LogP contribution in [0.4, 0.5) is 0 Å². The lowest BCUT2D eigenvalue weighted by Gasteiger charge is -2.20. The lowest BCUT2D eigenvalue weighted by molar-refractivity contribution is -0.136. The normalized spacial score (nSPS) is 19.0. The Morgan fingerprint density at radius 3 is 2.53 bits per heavy atom. The fourth-order valence-electron chi connectivity index (χ4n) is 1.90. The van der Waals surface area contributed by atoms with Gasteiger partial charge >= 0.3 is 11.9 Å². The summed E-state index contributed by atoms with van der Waals surface area (Å²) < 4.78 is 0. The maximum Gasteiger partial charge on any atom is 0.352 e. The first-order valence-electron chi connectivity index (χ1n) is 5.71. The van der Waals surface area contributed by atoms with Gasteiger partial charge in [-0.1, -0.05) is 32.3 Å². The van der Waals surface area contributed by atoms with Gasteiger partial charge in [0, 0.05) is 5.92 Å². The summed E-state index contributed by atoms with van der Waals surface area (Å²) in [6.45, 7) is 2.06. The zero-order valence-electron chi connectivity index (χ0n) is 9.77. The molecule has 5 heteroatoms. The molecular formula is C12H17NO4. The van der Waals surface area contributed by atoms with Gasteiger partial charge in [-0.15, -0.1) is 0 Å². The second kappa shape index (κ2) is 6.08. The first kappa shape index (κ1) is 13.3. The summed E-state index contributed by atoms with van der Waals surface area (Å²) in [6.07, 6.45) is 6.86. The molecule has 0 saturated heterocycles. The Morgan fingerprint density at radius 1 is 1.29 bits per heavy atom. The number of nitrogens with one attached hydrogen (secondary N) is 1. The Balaban J connectivity index is 2.87. The Kier molecular flexibility index (Phi) is 4.75. The van der Waals surface area contributed by atoms with Crippen molar-refractivity contribution < 1.29 is 19.8 Å². The van der Waals surface area contributed by atoms with Crippen molar-refractivity contribution >= 4 is 11.9 Å². The molecule has 1 unspecified atom stereocenters. The Hall–Kier alpha value is -1.78. The Morgan fingerprint density at radius 2 is 2.00 bits per heavy atom. The second-order valence-corrected chi connectivity index (χ2v) is 4.00. The first-order valence-corrected chi connectivity index (χ1v) is 5.71. The van der Waals surface area contributed by atoms with Gasteiger partial charge in [0.15, 0.2) is 0 Å². The molecule has 1 heterocycles. The highest BCUT2D eigenvalue weighted by atomic mass is 16.4. The zero-order valence-corrected chi connectivity index (χ0v) is 9.77. The van der Waals surface area contributed by atoms with Crippen LogP contribution in [0.15, 0.2) is 23.5 Å². The molecule has 0 amide bonds. The number of rotatable bonds is 6. The number of allylic oxidation sites excluding steroid dienone is 1. The van der Waals surface area contributed by atoms with Crippen LogP contribution in [0.2, 0.25) is 0 Å². The highest BCUT2D eigenvalue weighted by molar-refractivity contribution is 5.99. The fraction of sp³-hybridized carbons (Fsp3) is 0.500. The maximum atomic E-state index is 11.1. The molecule has 1 aliphatic heterocycles. The molecule has 0 fully saturated rings. The van der Waals surface area contributed by atoms with Gasteiger partial charge in [-0.05, 0) is 12.6 Å². The largest absolute Gasteiger partial charge is 0.478 e. The van der Waals surface area contributed by atoms with E-state index in [2.05, 4.69) is 12.2 Å². The predicted octanol–water partition coefficient (Wildman–Crippen LogP) is 1.72. The van der Waals surface area contributed by atoms with Crippen LogP contribution >= 0.6 is 0 Å². The number of unbranched alkanes of at least 4 members (excludes halogenated alkanes) is 2. The molecule has 17 heavy (non-hydrogen) atoms. The number of carboxylic acids is 2. The molecule has 5 nitrogen and oxygen atoms in total. The molecule has 1 rings (SSSR count). The van der Waals surface area contributed by atoms with Crippen molar-refractivity contribution in [1.29, 1.82) is 0 Å². The summed E-state index contributed by atoms with van der Waals surface area (Å²) in [5.41, 5.74) is -0.266. The molecule has 3 N–H and O–H groups in total. The van der Waals surface area contributed by atoms with Crippen molar-refractivity contribution in [3.05, 3.63) is 23.5 Å². The van der Waals surface area contributed by atoms with E-state index in [1.807, 2.05) is 0 Å². The Labute approximate surface area is 99.8 Å². The van der Waals surface area contributed by atoms with E-state index in [0.29, 0.717) is 6.42 Å². The van der Waals surface area contributed by atoms with Gasteiger partial charge in [-0.25, -0.2) is 9.59 Å². The number of dihydropyridines is 1. The zero-order chi connectivity index (χ0) is 12.8. The SMILES string of the molecule is CCCCCC1C=CNC(C(=O)O)=C1C(=O)O. The van der Waals surface area contributed by atoms with Gasteiger partial charge in [0.25, 0.3) is 0 Å². The van der Waals surface area contributed by atoms with Crippen molar-refractivity contribution in [2.45, 2.75) is 32.6 Å². The van der Waals surface area contributed by atoms with Gasteiger partial charge in [0.1, 0.15) is 5.70 Å². The maximum absolute atomic E-state index is 11.1. The lowest BCUT2D eigenvalue weighted by atomic mass is 9.89. The van der Waals surface area contributed by atoms with Gasteiger partial charge < -0.3 is 15.5 Å². The van der Waals surface area contributed by atoms with Crippen LogP contribution in [0.25, 0.3) is 0 Å². The first-order chi connectivity index (χ1) is 8.07. The van der Waals surface area contributed by atoms with E-state index in [0.717, 1.165) is 19.3 Å². The molecule has 0 radical (unpaired) electrons. The van der Waals surface area contributed by atoms with Crippen LogP contribution in [0, 0.1) is 5.92 Å².